The first-order valence-corrected chi connectivity index (χ1v) is 6.68. The van der Waals surface area contributed by atoms with Crippen molar-refractivity contribution >= 4 is 53.3 Å². The van der Waals surface area contributed by atoms with Crippen LogP contribution in [-0.2, 0) is 5.33 Å². The third kappa shape index (κ3) is 1.83. The van der Waals surface area contributed by atoms with Gasteiger partial charge < -0.3 is 0 Å². The zero-order valence-electron chi connectivity index (χ0n) is 7.10. The maximum Gasteiger partial charge on any atom is 0.0359 e. The molecule has 0 fully saturated rings. The highest BCUT2D eigenvalue weighted by Crippen LogP contribution is 2.32. The number of halogens is 2. The lowest BCUT2D eigenvalue weighted by Gasteiger charge is -1.99. The van der Waals surface area contributed by atoms with Crippen LogP contribution >= 0.6 is 43.2 Å². The standard InChI is InChI=1S/C10H8Br2S/c1-6-2-9-7(5-11)3-8(12)4-10(9)13-6/h2-4H,5H2,1H3. The second-order valence-electron chi connectivity index (χ2n) is 2.97. The van der Waals surface area contributed by atoms with E-state index in [9.17, 15) is 0 Å². The molecule has 0 aliphatic heterocycles. The first-order valence-electron chi connectivity index (χ1n) is 3.95. The molecule has 0 N–H and O–H groups in total. The van der Waals surface area contributed by atoms with Gasteiger partial charge in [-0.3, -0.25) is 0 Å². The fourth-order valence-corrected chi connectivity index (χ4v) is 3.54. The summed E-state index contributed by atoms with van der Waals surface area (Å²) >= 11 is 8.87. The lowest BCUT2D eigenvalue weighted by atomic mass is 10.1. The summed E-state index contributed by atoms with van der Waals surface area (Å²) in [7, 11) is 0. The van der Waals surface area contributed by atoms with Crippen LogP contribution in [0.15, 0.2) is 22.7 Å². The van der Waals surface area contributed by atoms with Crippen LogP contribution in [0.4, 0.5) is 0 Å². The fourth-order valence-electron chi connectivity index (χ4n) is 1.41. The van der Waals surface area contributed by atoms with E-state index in [2.05, 4.69) is 57.0 Å². The van der Waals surface area contributed by atoms with Crippen LogP contribution in [0, 0.1) is 6.92 Å². The Morgan fingerprint density at radius 2 is 2.08 bits per heavy atom. The van der Waals surface area contributed by atoms with E-state index in [-0.39, 0.29) is 0 Å². The van der Waals surface area contributed by atoms with E-state index in [0.29, 0.717) is 0 Å². The Morgan fingerprint density at radius 3 is 2.77 bits per heavy atom. The first-order chi connectivity index (χ1) is 6.20. The highest BCUT2D eigenvalue weighted by atomic mass is 79.9. The summed E-state index contributed by atoms with van der Waals surface area (Å²) < 4.78 is 2.53. The van der Waals surface area contributed by atoms with Gasteiger partial charge in [0.1, 0.15) is 0 Å². The Morgan fingerprint density at radius 1 is 1.31 bits per heavy atom. The number of hydrogen-bond acceptors (Lipinski definition) is 1. The van der Waals surface area contributed by atoms with E-state index >= 15 is 0 Å². The number of alkyl halides is 1. The molecule has 68 valence electrons. The average Bonchev–Trinajstić information content (AvgIpc) is 2.43. The van der Waals surface area contributed by atoms with Gasteiger partial charge in [0.25, 0.3) is 0 Å². The molecule has 2 rings (SSSR count). The molecule has 13 heavy (non-hydrogen) atoms. The normalized spacial score (nSPS) is 11.0. The first kappa shape index (κ1) is 9.69. The van der Waals surface area contributed by atoms with Crippen molar-refractivity contribution in [2.24, 2.45) is 0 Å². The molecule has 0 atom stereocenters. The smallest absolute Gasteiger partial charge is 0.0359 e. The molecular weight excluding hydrogens is 312 g/mol. The quantitative estimate of drug-likeness (QED) is 0.658. The topological polar surface area (TPSA) is 0 Å². The van der Waals surface area contributed by atoms with E-state index in [1.807, 2.05) is 11.3 Å². The van der Waals surface area contributed by atoms with E-state index in [1.54, 1.807) is 0 Å². The van der Waals surface area contributed by atoms with Gasteiger partial charge in [0.2, 0.25) is 0 Å². The monoisotopic (exact) mass is 318 g/mol. The number of benzene rings is 1. The summed E-state index contributed by atoms with van der Waals surface area (Å²) in [6.45, 7) is 2.15. The maximum atomic E-state index is 3.52. The minimum atomic E-state index is 0.916. The van der Waals surface area contributed by atoms with Gasteiger partial charge >= 0.3 is 0 Å². The highest BCUT2D eigenvalue weighted by molar-refractivity contribution is 9.10. The largest absolute Gasteiger partial charge is 0.141 e. The SMILES string of the molecule is Cc1cc2c(CBr)cc(Br)cc2s1. The van der Waals surface area contributed by atoms with Crippen LogP contribution in [-0.4, -0.2) is 0 Å². The average molecular weight is 320 g/mol. The van der Waals surface area contributed by atoms with E-state index < -0.39 is 0 Å². The summed E-state index contributed by atoms with van der Waals surface area (Å²) in [5, 5.41) is 2.29. The van der Waals surface area contributed by atoms with Gasteiger partial charge in [0.15, 0.2) is 0 Å². The molecule has 0 bridgehead atoms. The Bertz CT molecular complexity index is 445. The Labute approximate surface area is 98.2 Å². The van der Waals surface area contributed by atoms with Gasteiger partial charge in [-0.15, -0.1) is 11.3 Å². The summed E-state index contributed by atoms with van der Waals surface area (Å²) in [6.07, 6.45) is 0. The molecule has 0 saturated carbocycles. The lowest BCUT2D eigenvalue weighted by molar-refractivity contribution is 1.48. The molecule has 0 aliphatic rings. The molecule has 2 aromatic rings. The second kappa shape index (κ2) is 3.71. The van der Waals surface area contributed by atoms with E-state index in [4.69, 9.17) is 0 Å². The summed E-state index contributed by atoms with van der Waals surface area (Å²) in [5.74, 6) is 0. The van der Waals surface area contributed by atoms with Crippen LogP contribution in [0.5, 0.6) is 0 Å². The molecular formula is C10H8Br2S. The van der Waals surface area contributed by atoms with Crippen LogP contribution in [0.2, 0.25) is 0 Å². The zero-order chi connectivity index (χ0) is 9.42. The molecule has 0 radical (unpaired) electrons. The molecule has 0 spiro atoms. The molecule has 0 aliphatic carbocycles. The number of aryl methyl sites for hydroxylation is 1. The van der Waals surface area contributed by atoms with Gasteiger partial charge in [0, 0.05) is 19.4 Å². The lowest BCUT2D eigenvalue weighted by Crippen LogP contribution is -1.77. The number of thiophene rings is 1. The molecule has 1 aromatic carbocycles. The van der Waals surface area contributed by atoms with Crippen molar-refractivity contribution in [1.29, 1.82) is 0 Å². The number of rotatable bonds is 1. The molecule has 1 aromatic heterocycles. The van der Waals surface area contributed by atoms with Gasteiger partial charge in [-0.25, -0.2) is 0 Å². The van der Waals surface area contributed by atoms with E-state index in [0.717, 1.165) is 9.80 Å². The minimum absolute atomic E-state index is 0.916. The second-order valence-corrected chi connectivity index (χ2v) is 5.73. The molecule has 0 unspecified atom stereocenters. The summed E-state index contributed by atoms with van der Waals surface area (Å²) in [4.78, 5) is 1.37. The summed E-state index contributed by atoms with van der Waals surface area (Å²) in [6, 6.07) is 6.60. The van der Waals surface area contributed by atoms with Crippen molar-refractivity contribution in [3.8, 4) is 0 Å². The molecule has 0 nitrogen and oxygen atoms in total. The number of fused-ring (bicyclic) bond motifs is 1. The molecule has 3 heteroatoms. The van der Waals surface area contributed by atoms with Crippen molar-refractivity contribution in [2.45, 2.75) is 12.3 Å². The Balaban J connectivity index is 2.80. The van der Waals surface area contributed by atoms with Gasteiger partial charge in [-0.1, -0.05) is 31.9 Å². The maximum absolute atomic E-state index is 3.52. The fraction of sp³-hybridized carbons (Fsp3) is 0.200. The highest BCUT2D eigenvalue weighted by Gasteiger charge is 2.04. The predicted octanol–water partition coefficient (Wildman–Crippen LogP) is 4.87. The molecule has 0 amide bonds. The Hall–Kier alpha value is 0.140. The van der Waals surface area contributed by atoms with E-state index in [1.165, 1.54) is 20.5 Å². The third-order valence-corrected chi connectivity index (χ3v) is 4.01. The van der Waals surface area contributed by atoms with Crippen molar-refractivity contribution in [3.63, 3.8) is 0 Å². The van der Waals surface area contributed by atoms with Crippen molar-refractivity contribution in [1.82, 2.24) is 0 Å². The van der Waals surface area contributed by atoms with Crippen molar-refractivity contribution in [2.75, 3.05) is 0 Å². The van der Waals surface area contributed by atoms with Crippen LogP contribution in [0.25, 0.3) is 10.1 Å². The van der Waals surface area contributed by atoms with Gasteiger partial charge in [0.05, 0.1) is 0 Å². The van der Waals surface area contributed by atoms with Crippen LogP contribution in [0.3, 0.4) is 0 Å². The Kier molecular flexibility index (Phi) is 2.77. The van der Waals surface area contributed by atoms with Gasteiger partial charge in [-0.05, 0) is 36.1 Å². The summed E-state index contributed by atoms with van der Waals surface area (Å²) in [5.41, 5.74) is 1.36. The minimum Gasteiger partial charge on any atom is -0.141 e. The van der Waals surface area contributed by atoms with Gasteiger partial charge in [-0.2, -0.15) is 0 Å². The van der Waals surface area contributed by atoms with Crippen molar-refractivity contribution < 1.29 is 0 Å². The predicted molar refractivity (Wildman–Crippen MR) is 66.9 cm³/mol. The van der Waals surface area contributed by atoms with Crippen LogP contribution in [0.1, 0.15) is 10.4 Å². The van der Waals surface area contributed by atoms with Crippen LogP contribution < -0.4 is 0 Å². The molecule has 0 saturated heterocycles. The third-order valence-electron chi connectivity index (χ3n) is 1.96. The number of hydrogen-bond donors (Lipinski definition) is 0. The zero-order valence-corrected chi connectivity index (χ0v) is 11.1. The molecule has 1 heterocycles. The van der Waals surface area contributed by atoms with Crippen molar-refractivity contribution in [3.05, 3.63) is 33.1 Å².